The number of quaternary nitrogens is 2. The number of halogens is 1. The predicted molar refractivity (Wildman–Crippen MR) is 140 cm³/mol. The first-order chi connectivity index (χ1) is 17.6. The molecule has 8 nitrogen and oxygen atoms in total. The standard InChI is InChI=1S/C28H38FN5O3/c1-5-24(35)32-26(28(37)34-15-13-33(4)14-16-34)19(3)21-11-12-23(22(29)17-21)31-27(36)25(30)18(2)20-9-7-6-8-10-20/h6-12,17-19,25-26H,5,13-16,30H2,1-4H3,(H,31,36)(H,32,35)/p+2/t18-,19+,25+,26-/m1/s1. The highest BCUT2D eigenvalue weighted by atomic mass is 19.1. The number of hydrogen-bond donors (Lipinski definition) is 4. The van der Waals surface area contributed by atoms with E-state index in [1.807, 2.05) is 37.3 Å². The first-order valence-electron chi connectivity index (χ1n) is 13.0. The molecule has 0 radical (unpaired) electrons. The van der Waals surface area contributed by atoms with Gasteiger partial charge in [0, 0.05) is 18.3 Å². The molecule has 0 aliphatic carbocycles. The van der Waals surface area contributed by atoms with Crippen LogP contribution in [0.5, 0.6) is 0 Å². The zero-order valence-electron chi connectivity index (χ0n) is 22.2. The number of carbonyl (C=O) groups excluding carboxylic acids is 3. The number of hydrogen-bond acceptors (Lipinski definition) is 3. The van der Waals surface area contributed by atoms with Crippen molar-refractivity contribution in [2.75, 3.05) is 38.5 Å². The van der Waals surface area contributed by atoms with E-state index in [-0.39, 0.29) is 35.7 Å². The van der Waals surface area contributed by atoms with Crippen molar-refractivity contribution in [1.82, 2.24) is 10.2 Å². The molecule has 200 valence electrons. The fourth-order valence-corrected chi connectivity index (χ4v) is 4.53. The Morgan fingerprint density at radius 2 is 1.68 bits per heavy atom. The normalized spacial score (nSPS) is 17.4. The SMILES string of the molecule is CCC(=O)N[C@@H](C(=O)N1CC[NH+](C)CC1)[C@@H](C)c1ccc(NC(=O)[C@@H]([NH3+])[C@H](C)c2ccccc2)c(F)c1. The Morgan fingerprint density at radius 3 is 2.27 bits per heavy atom. The fourth-order valence-electron chi connectivity index (χ4n) is 4.53. The smallest absolute Gasteiger partial charge is 0.283 e. The summed E-state index contributed by atoms with van der Waals surface area (Å²) in [4.78, 5) is 41.6. The molecular weight excluding hydrogens is 473 g/mol. The molecular formula is C28H40FN5O3+2. The number of anilines is 1. The van der Waals surface area contributed by atoms with Crippen LogP contribution < -0.4 is 21.3 Å². The molecule has 1 aliphatic heterocycles. The predicted octanol–water partition coefficient (Wildman–Crippen LogP) is 0.534. The van der Waals surface area contributed by atoms with E-state index in [2.05, 4.69) is 23.4 Å². The van der Waals surface area contributed by atoms with Crippen molar-refractivity contribution < 1.29 is 29.4 Å². The lowest BCUT2D eigenvalue weighted by molar-refractivity contribution is -0.883. The van der Waals surface area contributed by atoms with Gasteiger partial charge in [0.2, 0.25) is 11.8 Å². The average molecular weight is 514 g/mol. The number of nitrogens with zero attached hydrogens (tertiary/aromatic N) is 1. The Hall–Kier alpha value is -3.30. The van der Waals surface area contributed by atoms with Crippen LogP contribution in [0, 0.1) is 5.82 Å². The third-order valence-electron chi connectivity index (χ3n) is 7.37. The molecule has 3 amide bonds. The van der Waals surface area contributed by atoms with Gasteiger partial charge in [0.15, 0.2) is 6.04 Å². The number of benzene rings is 2. The van der Waals surface area contributed by atoms with E-state index >= 15 is 4.39 Å². The minimum atomic E-state index is -0.804. The van der Waals surface area contributed by atoms with E-state index in [1.54, 1.807) is 24.8 Å². The topological polar surface area (TPSA) is 111 Å². The van der Waals surface area contributed by atoms with E-state index in [0.717, 1.165) is 18.7 Å². The van der Waals surface area contributed by atoms with Gasteiger partial charge in [0.25, 0.3) is 5.91 Å². The molecule has 1 heterocycles. The maximum Gasteiger partial charge on any atom is 0.283 e. The molecule has 1 fully saturated rings. The summed E-state index contributed by atoms with van der Waals surface area (Å²) >= 11 is 0. The number of nitrogens with one attached hydrogen (secondary N) is 3. The first-order valence-corrected chi connectivity index (χ1v) is 13.0. The van der Waals surface area contributed by atoms with Gasteiger partial charge >= 0.3 is 0 Å². The lowest BCUT2D eigenvalue weighted by Crippen LogP contribution is -3.12. The van der Waals surface area contributed by atoms with Crippen molar-refractivity contribution >= 4 is 23.4 Å². The van der Waals surface area contributed by atoms with E-state index in [9.17, 15) is 14.4 Å². The molecule has 3 rings (SSSR count). The second-order valence-corrected chi connectivity index (χ2v) is 10.0. The third-order valence-corrected chi connectivity index (χ3v) is 7.37. The first kappa shape index (κ1) is 28.3. The monoisotopic (exact) mass is 513 g/mol. The van der Waals surface area contributed by atoms with Gasteiger partial charge in [0.1, 0.15) is 11.9 Å². The largest absolute Gasteiger partial charge is 0.347 e. The average Bonchev–Trinajstić information content (AvgIpc) is 2.91. The number of amides is 3. The van der Waals surface area contributed by atoms with Gasteiger partial charge in [-0.25, -0.2) is 4.39 Å². The summed E-state index contributed by atoms with van der Waals surface area (Å²) in [5.41, 5.74) is 5.59. The second-order valence-electron chi connectivity index (χ2n) is 10.0. The fraction of sp³-hybridized carbons (Fsp3) is 0.464. The molecule has 0 saturated carbocycles. The highest BCUT2D eigenvalue weighted by Gasteiger charge is 2.34. The number of carbonyl (C=O) groups is 3. The van der Waals surface area contributed by atoms with Crippen molar-refractivity contribution in [3.05, 3.63) is 65.5 Å². The van der Waals surface area contributed by atoms with E-state index in [0.29, 0.717) is 18.7 Å². The maximum absolute atomic E-state index is 15.1. The molecule has 0 unspecified atom stereocenters. The van der Waals surface area contributed by atoms with Crippen LogP contribution in [0.2, 0.25) is 0 Å². The Balaban J connectivity index is 1.74. The van der Waals surface area contributed by atoms with Gasteiger partial charge < -0.3 is 26.2 Å². The molecule has 1 saturated heterocycles. The molecule has 6 N–H and O–H groups in total. The van der Waals surface area contributed by atoms with E-state index in [4.69, 9.17) is 0 Å². The van der Waals surface area contributed by atoms with Crippen LogP contribution in [0.3, 0.4) is 0 Å². The molecule has 2 aromatic rings. The second kappa shape index (κ2) is 12.8. The number of rotatable bonds is 9. The minimum absolute atomic E-state index is 0.0531. The molecule has 4 atom stereocenters. The van der Waals surface area contributed by atoms with Crippen LogP contribution in [0.25, 0.3) is 0 Å². The zero-order chi connectivity index (χ0) is 27.1. The summed E-state index contributed by atoms with van der Waals surface area (Å²) in [7, 11) is 2.09. The summed E-state index contributed by atoms with van der Waals surface area (Å²) in [6, 6.07) is 12.7. The van der Waals surface area contributed by atoms with Crippen molar-refractivity contribution in [1.29, 1.82) is 0 Å². The highest BCUT2D eigenvalue weighted by Crippen LogP contribution is 2.26. The highest BCUT2D eigenvalue weighted by molar-refractivity contribution is 5.94. The quantitative estimate of drug-likeness (QED) is 0.393. The summed E-state index contributed by atoms with van der Waals surface area (Å²) in [6.07, 6.45) is 0.246. The van der Waals surface area contributed by atoms with Crippen LogP contribution in [0.1, 0.15) is 50.2 Å². The molecule has 0 bridgehead atoms. The van der Waals surface area contributed by atoms with E-state index in [1.165, 1.54) is 17.0 Å². The van der Waals surface area contributed by atoms with Crippen molar-refractivity contribution in [2.24, 2.45) is 0 Å². The molecule has 37 heavy (non-hydrogen) atoms. The molecule has 9 heteroatoms. The molecule has 1 aliphatic rings. The summed E-state index contributed by atoms with van der Waals surface area (Å²) < 4.78 is 15.1. The third kappa shape index (κ3) is 7.14. The Morgan fingerprint density at radius 1 is 1.03 bits per heavy atom. The molecule has 0 aromatic heterocycles. The van der Waals surface area contributed by atoms with Gasteiger partial charge in [-0.15, -0.1) is 0 Å². The van der Waals surface area contributed by atoms with Crippen molar-refractivity contribution in [3.8, 4) is 0 Å². The summed E-state index contributed by atoms with van der Waals surface area (Å²) in [5.74, 6) is -1.98. The number of piperazine rings is 1. The molecule has 2 aromatic carbocycles. The lowest BCUT2D eigenvalue weighted by Gasteiger charge is -2.34. The lowest BCUT2D eigenvalue weighted by atomic mass is 9.91. The Bertz CT molecular complexity index is 1090. The zero-order valence-corrected chi connectivity index (χ0v) is 22.2. The van der Waals surface area contributed by atoms with Gasteiger partial charge in [-0.05, 0) is 23.3 Å². The Labute approximate surface area is 218 Å². The molecule has 0 spiro atoms. The van der Waals surface area contributed by atoms with Gasteiger partial charge in [0.05, 0.1) is 38.9 Å². The summed E-state index contributed by atoms with van der Waals surface area (Å²) in [5, 5.41) is 5.50. The Kier molecular flexibility index (Phi) is 9.77. The van der Waals surface area contributed by atoms with E-state index < -0.39 is 23.8 Å². The maximum atomic E-state index is 15.1. The van der Waals surface area contributed by atoms with Crippen LogP contribution in [0.15, 0.2) is 48.5 Å². The van der Waals surface area contributed by atoms with Crippen LogP contribution in [-0.2, 0) is 14.4 Å². The van der Waals surface area contributed by atoms with Crippen LogP contribution >= 0.6 is 0 Å². The van der Waals surface area contributed by atoms with Crippen molar-refractivity contribution in [3.63, 3.8) is 0 Å². The minimum Gasteiger partial charge on any atom is -0.347 e. The van der Waals surface area contributed by atoms with Gasteiger partial charge in [-0.3, -0.25) is 14.4 Å². The summed E-state index contributed by atoms with van der Waals surface area (Å²) in [6.45, 7) is 8.36. The van der Waals surface area contributed by atoms with Crippen LogP contribution in [-0.4, -0.2) is 67.9 Å². The van der Waals surface area contributed by atoms with Crippen LogP contribution in [0.4, 0.5) is 10.1 Å². The van der Waals surface area contributed by atoms with Gasteiger partial charge in [-0.2, -0.15) is 0 Å². The number of likely N-dealkylation sites (N-methyl/N-ethyl adjacent to an activating group) is 1. The van der Waals surface area contributed by atoms with Gasteiger partial charge in [-0.1, -0.05) is 57.2 Å². The van der Waals surface area contributed by atoms with Crippen molar-refractivity contribution in [2.45, 2.75) is 51.1 Å².